The number of pyridine rings is 1. The van der Waals surface area contributed by atoms with E-state index in [1.54, 1.807) is 25.3 Å². The molecule has 2 heterocycles. The zero-order valence-electron chi connectivity index (χ0n) is 11.3. The molecule has 21 heavy (non-hydrogen) atoms. The lowest BCUT2D eigenvalue weighted by molar-refractivity contribution is -0.132. The SMILES string of the molecule is CCN1C(=O)C(Cc2ccccn2)S/C1=C(/C#N)C(=O)O. The minimum Gasteiger partial charge on any atom is -0.477 e. The van der Waals surface area contributed by atoms with Crippen molar-refractivity contribution in [1.82, 2.24) is 9.88 Å². The summed E-state index contributed by atoms with van der Waals surface area (Å²) in [6.45, 7) is 2.08. The smallest absolute Gasteiger partial charge is 0.349 e. The van der Waals surface area contributed by atoms with E-state index in [4.69, 9.17) is 10.4 Å². The fourth-order valence-corrected chi connectivity index (χ4v) is 3.39. The molecule has 1 atom stereocenters. The van der Waals surface area contributed by atoms with Gasteiger partial charge in [0.05, 0.1) is 5.25 Å². The van der Waals surface area contributed by atoms with Crippen LogP contribution < -0.4 is 0 Å². The first-order chi connectivity index (χ1) is 10.1. The first-order valence-corrected chi connectivity index (χ1v) is 7.22. The van der Waals surface area contributed by atoms with Crippen LogP contribution in [0.4, 0.5) is 0 Å². The van der Waals surface area contributed by atoms with Crippen LogP contribution in [0.3, 0.4) is 0 Å². The number of carbonyl (C=O) groups is 2. The van der Waals surface area contributed by atoms with Crippen molar-refractivity contribution in [2.24, 2.45) is 0 Å². The minimum absolute atomic E-state index is 0.183. The standard InChI is InChI=1S/C14H13N3O3S/c1-2-17-12(18)11(7-9-5-3-4-6-16-9)21-13(17)10(8-15)14(19)20/h3-6,11H,2,7H2,1H3,(H,19,20)/b13-10-. The Hall–Kier alpha value is -2.33. The number of nitrogens with zero attached hydrogens (tertiary/aromatic N) is 3. The van der Waals surface area contributed by atoms with Gasteiger partial charge in [0, 0.05) is 24.9 Å². The minimum atomic E-state index is -1.32. The number of carboxylic acids is 1. The molecule has 1 aliphatic rings. The summed E-state index contributed by atoms with van der Waals surface area (Å²) in [7, 11) is 0. The molecule has 1 amide bonds. The third-order valence-electron chi connectivity index (χ3n) is 3.02. The van der Waals surface area contributed by atoms with Crippen LogP contribution in [0.15, 0.2) is 35.0 Å². The number of aromatic nitrogens is 1. The van der Waals surface area contributed by atoms with Crippen molar-refractivity contribution in [1.29, 1.82) is 5.26 Å². The Labute approximate surface area is 126 Å². The van der Waals surface area contributed by atoms with Crippen molar-refractivity contribution >= 4 is 23.6 Å². The summed E-state index contributed by atoms with van der Waals surface area (Å²) in [5, 5.41) is 17.8. The molecule has 1 unspecified atom stereocenters. The predicted molar refractivity (Wildman–Crippen MR) is 77.0 cm³/mol. The van der Waals surface area contributed by atoms with E-state index >= 15 is 0 Å². The predicted octanol–water partition coefficient (Wildman–Crippen LogP) is 1.41. The molecule has 0 bridgehead atoms. The summed E-state index contributed by atoms with van der Waals surface area (Å²) in [5.74, 6) is -1.50. The van der Waals surface area contributed by atoms with E-state index in [1.807, 2.05) is 12.1 Å². The van der Waals surface area contributed by atoms with Gasteiger partial charge < -0.3 is 10.0 Å². The summed E-state index contributed by atoms with van der Waals surface area (Å²) in [6.07, 6.45) is 2.05. The maximum atomic E-state index is 12.3. The third-order valence-corrected chi connectivity index (χ3v) is 4.32. The fraction of sp³-hybridized carbons (Fsp3) is 0.286. The van der Waals surface area contributed by atoms with E-state index in [1.165, 1.54) is 4.90 Å². The number of rotatable bonds is 4. The number of nitriles is 1. The van der Waals surface area contributed by atoms with Crippen LogP contribution in [0.2, 0.25) is 0 Å². The number of carboxylic acid groups (broad SMARTS) is 1. The third kappa shape index (κ3) is 3.06. The van der Waals surface area contributed by atoms with Gasteiger partial charge in [0.2, 0.25) is 5.91 Å². The van der Waals surface area contributed by atoms with Crippen LogP contribution in [0.1, 0.15) is 12.6 Å². The Morgan fingerprint density at radius 2 is 2.33 bits per heavy atom. The topological polar surface area (TPSA) is 94.3 Å². The van der Waals surface area contributed by atoms with E-state index in [0.29, 0.717) is 13.0 Å². The van der Waals surface area contributed by atoms with Crippen LogP contribution in [0, 0.1) is 11.3 Å². The number of hydrogen-bond donors (Lipinski definition) is 1. The quantitative estimate of drug-likeness (QED) is 0.667. The zero-order valence-corrected chi connectivity index (χ0v) is 12.1. The Kier molecular flexibility index (Phi) is 4.60. The maximum absolute atomic E-state index is 12.3. The van der Waals surface area contributed by atoms with Gasteiger partial charge in [-0.3, -0.25) is 9.78 Å². The van der Waals surface area contributed by atoms with Gasteiger partial charge in [0.25, 0.3) is 0 Å². The largest absolute Gasteiger partial charge is 0.477 e. The molecule has 0 radical (unpaired) electrons. The number of carbonyl (C=O) groups excluding carboxylic acids is 1. The van der Waals surface area contributed by atoms with Crippen molar-refractivity contribution in [2.75, 3.05) is 6.54 Å². The Balaban J connectivity index is 2.31. The average Bonchev–Trinajstić information content (AvgIpc) is 2.77. The van der Waals surface area contributed by atoms with E-state index in [9.17, 15) is 9.59 Å². The molecule has 1 saturated heterocycles. The van der Waals surface area contributed by atoms with Crippen molar-refractivity contribution in [3.8, 4) is 6.07 Å². The van der Waals surface area contributed by atoms with Gasteiger partial charge in [-0.1, -0.05) is 17.8 Å². The van der Waals surface area contributed by atoms with Crippen LogP contribution >= 0.6 is 11.8 Å². The van der Waals surface area contributed by atoms with Crippen molar-refractivity contribution in [2.45, 2.75) is 18.6 Å². The highest BCUT2D eigenvalue weighted by atomic mass is 32.2. The summed E-state index contributed by atoms with van der Waals surface area (Å²) in [6, 6.07) is 7.09. The Bertz CT molecular complexity index is 637. The molecule has 1 aromatic rings. The molecule has 1 fully saturated rings. The zero-order chi connectivity index (χ0) is 15.4. The van der Waals surface area contributed by atoms with E-state index in [2.05, 4.69) is 4.98 Å². The first-order valence-electron chi connectivity index (χ1n) is 6.34. The lowest BCUT2D eigenvalue weighted by atomic mass is 10.2. The summed E-state index contributed by atoms with van der Waals surface area (Å²) < 4.78 is 0. The molecule has 0 saturated carbocycles. The fourth-order valence-electron chi connectivity index (χ4n) is 2.04. The van der Waals surface area contributed by atoms with Crippen LogP contribution in [0.25, 0.3) is 0 Å². The number of hydrogen-bond acceptors (Lipinski definition) is 5. The molecule has 108 valence electrons. The Morgan fingerprint density at radius 1 is 1.57 bits per heavy atom. The lowest BCUT2D eigenvalue weighted by Crippen LogP contribution is -2.30. The molecule has 1 aliphatic heterocycles. The van der Waals surface area contributed by atoms with Crippen LogP contribution in [-0.2, 0) is 16.0 Å². The molecular formula is C14H13N3O3S. The maximum Gasteiger partial charge on any atom is 0.349 e. The molecule has 1 aromatic heterocycles. The van der Waals surface area contributed by atoms with Gasteiger partial charge >= 0.3 is 5.97 Å². The summed E-state index contributed by atoms with van der Waals surface area (Å²) in [4.78, 5) is 29.0. The van der Waals surface area contributed by atoms with Crippen molar-refractivity contribution in [3.05, 3.63) is 40.7 Å². The molecule has 2 rings (SSSR count). The number of thioether (sulfide) groups is 1. The molecule has 6 nitrogen and oxygen atoms in total. The number of amides is 1. The molecule has 1 N–H and O–H groups in total. The highest BCUT2D eigenvalue weighted by Gasteiger charge is 2.39. The van der Waals surface area contributed by atoms with E-state index < -0.39 is 16.8 Å². The van der Waals surface area contributed by atoms with Crippen LogP contribution in [-0.4, -0.2) is 38.7 Å². The van der Waals surface area contributed by atoms with Gasteiger partial charge in [-0.25, -0.2) is 4.79 Å². The second kappa shape index (κ2) is 6.41. The molecule has 0 spiro atoms. The monoisotopic (exact) mass is 303 g/mol. The highest BCUT2D eigenvalue weighted by molar-refractivity contribution is 8.04. The van der Waals surface area contributed by atoms with Gasteiger partial charge in [-0.2, -0.15) is 5.26 Å². The van der Waals surface area contributed by atoms with Crippen molar-refractivity contribution in [3.63, 3.8) is 0 Å². The van der Waals surface area contributed by atoms with Gasteiger partial charge in [0.1, 0.15) is 11.1 Å². The molecular weight excluding hydrogens is 290 g/mol. The Morgan fingerprint density at radius 3 is 2.86 bits per heavy atom. The highest BCUT2D eigenvalue weighted by Crippen LogP contribution is 2.38. The van der Waals surface area contributed by atoms with Gasteiger partial charge in [-0.05, 0) is 19.1 Å². The second-order valence-electron chi connectivity index (χ2n) is 4.31. The van der Waals surface area contributed by atoms with Gasteiger partial charge in [-0.15, -0.1) is 0 Å². The molecule has 0 aliphatic carbocycles. The normalized spacial score (nSPS) is 20.3. The summed E-state index contributed by atoms with van der Waals surface area (Å²) in [5.41, 5.74) is 0.369. The van der Waals surface area contributed by atoms with E-state index in [0.717, 1.165) is 17.5 Å². The molecule has 7 heteroatoms. The second-order valence-corrected chi connectivity index (χ2v) is 5.50. The summed E-state index contributed by atoms with van der Waals surface area (Å²) >= 11 is 1.12. The lowest BCUT2D eigenvalue weighted by Gasteiger charge is -2.14. The molecule has 0 aromatic carbocycles. The average molecular weight is 303 g/mol. The van der Waals surface area contributed by atoms with Crippen LogP contribution in [0.5, 0.6) is 0 Å². The van der Waals surface area contributed by atoms with Gasteiger partial charge in [0.15, 0.2) is 5.57 Å². The van der Waals surface area contributed by atoms with E-state index in [-0.39, 0.29) is 10.9 Å². The van der Waals surface area contributed by atoms with Crippen molar-refractivity contribution < 1.29 is 14.7 Å². The number of aliphatic carboxylic acids is 1. The first kappa shape index (κ1) is 15.1.